The van der Waals surface area contributed by atoms with Crippen LogP contribution < -0.4 is 0 Å². The van der Waals surface area contributed by atoms with Crippen LogP contribution >= 0.6 is 15.9 Å². The first kappa shape index (κ1) is 16.8. The molecule has 1 unspecified atom stereocenters. The molecule has 0 amide bonds. The molecular weight excluding hydrogens is 296 g/mol. The van der Waals surface area contributed by atoms with Crippen LogP contribution in [0.5, 0.6) is 0 Å². The molecule has 1 aromatic rings. The fourth-order valence-electron chi connectivity index (χ4n) is 2.79. The summed E-state index contributed by atoms with van der Waals surface area (Å²) < 4.78 is 0. The molecule has 1 rings (SSSR count). The Hall–Kier alpha value is -0.300. The van der Waals surface area contributed by atoms with Crippen LogP contribution in [0.2, 0.25) is 0 Å². The highest BCUT2D eigenvalue weighted by Crippen LogP contribution is 2.35. The van der Waals surface area contributed by atoms with Gasteiger partial charge in [-0.05, 0) is 61.9 Å². The van der Waals surface area contributed by atoms with Gasteiger partial charge in [0.05, 0.1) is 0 Å². The van der Waals surface area contributed by atoms with E-state index in [-0.39, 0.29) is 0 Å². The first-order chi connectivity index (χ1) is 8.99. The van der Waals surface area contributed by atoms with Crippen LogP contribution in [0, 0.1) is 27.7 Å². The third-order valence-corrected chi connectivity index (χ3v) is 5.21. The highest BCUT2D eigenvalue weighted by molar-refractivity contribution is 9.09. The Morgan fingerprint density at radius 3 is 1.95 bits per heavy atom. The highest BCUT2D eigenvalue weighted by Gasteiger charge is 2.15. The minimum atomic E-state index is 0.521. The molecule has 0 radical (unpaired) electrons. The van der Waals surface area contributed by atoms with Gasteiger partial charge in [-0.25, -0.2) is 0 Å². The third-order valence-electron chi connectivity index (χ3n) is 4.30. The summed E-state index contributed by atoms with van der Waals surface area (Å²) in [6.07, 6.45) is 8.07. The van der Waals surface area contributed by atoms with Gasteiger partial charge in [0.2, 0.25) is 0 Å². The average Bonchev–Trinajstić information content (AvgIpc) is 2.36. The zero-order valence-corrected chi connectivity index (χ0v) is 14.9. The minimum absolute atomic E-state index is 0.521. The summed E-state index contributed by atoms with van der Waals surface area (Å²) in [6, 6.07) is 2.31. The van der Waals surface area contributed by atoms with Gasteiger partial charge in [0.15, 0.2) is 0 Å². The smallest absolute Gasteiger partial charge is 0.0400 e. The van der Waals surface area contributed by atoms with Crippen molar-refractivity contribution in [1.29, 1.82) is 0 Å². The molecule has 0 heterocycles. The zero-order valence-electron chi connectivity index (χ0n) is 13.3. The predicted octanol–water partition coefficient (Wildman–Crippen LogP) is 6.72. The average molecular weight is 325 g/mol. The summed E-state index contributed by atoms with van der Waals surface area (Å²) in [7, 11) is 0. The van der Waals surface area contributed by atoms with Gasteiger partial charge >= 0.3 is 0 Å². The van der Waals surface area contributed by atoms with Gasteiger partial charge in [0, 0.05) is 4.83 Å². The first-order valence-corrected chi connectivity index (χ1v) is 8.62. The lowest BCUT2D eigenvalue weighted by molar-refractivity contribution is 0.604. The van der Waals surface area contributed by atoms with Gasteiger partial charge < -0.3 is 0 Å². The maximum Gasteiger partial charge on any atom is 0.0400 e. The van der Waals surface area contributed by atoms with Crippen molar-refractivity contribution in [2.24, 2.45) is 0 Å². The third kappa shape index (κ3) is 4.63. The Morgan fingerprint density at radius 1 is 0.895 bits per heavy atom. The lowest BCUT2D eigenvalue weighted by Crippen LogP contribution is -2.02. The summed E-state index contributed by atoms with van der Waals surface area (Å²) in [4.78, 5) is 0.521. The number of alkyl halides is 1. The molecule has 0 fully saturated rings. The van der Waals surface area contributed by atoms with Gasteiger partial charge in [0.1, 0.15) is 0 Å². The Balaban J connectivity index is 2.69. The Morgan fingerprint density at radius 2 is 1.42 bits per heavy atom. The molecule has 0 saturated carbocycles. The van der Waals surface area contributed by atoms with E-state index in [1.54, 1.807) is 0 Å². The molecule has 108 valence electrons. The van der Waals surface area contributed by atoms with Gasteiger partial charge in [-0.1, -0.05) is 61.0 Å². The van der Waals surface area contributed by atoms with E-state index in [2.05, 4.69) is 56.6 Å². The largest absolute Gasteiger partial charge is 0.0839 e. The predicted molar refractivity (Wildman–Crippen MR) is 90.4 cm³/mol. The fraction of sp³-hybridized carbons (Fsp3) is 0.667. The standard InChI is InChI=1S/C18H29Br/c1-6-7-8-9-10-11-17(19)18-15(4)13(2)12-14(3)16(18)5/h12,17H,6-11H2,1-5H3. The Kier molecular flexibility index (Phi) is 7.13. The quantitative estimate of drug-likeness (QED) is 0.386. The van der Waals surface area contributed by atoms with Crippen LogP contribution in [-0.4, -0.2) is 0 Å². The maximum atomic E-state index is 3.93. The van der Waals surface area contributed by atoms with E-state index < -0.39 is 0 Å². The molecule has 1 atom stereocenters. The fourth-order valence-corrected chi connectivity index (χ4v) is 3.80. The molecule has 0 spiro atoms. The normalized spacial score (nSPS) is 12.7. The van der Waals surface area contributed by atoms with Crippen molar-refractivity contribution in [2.75, 3.05) is 0 Å². The second-order valence-corrected chi connectivity index (χ2v) is 6.95. The molecule has 1 heteroatoms. The van der Waals surface area contributed by atoms with Crippen LogP contribution in [0.15, 0.2) is 6.07 Å². The van der Waals surface area contributed by atoms with Gasteiger partial charge in [-0.3, -0.25) is 0 Å². The van der Waals surface area contributed by atoms with Gasteiger partial charge in [-0.15, -0.1) is 0 Å². The Labute approximate surface area is 128 Å². The number of unbranched alkanes of at least 4 members (excludes halogenated alkanes) is 4. The topological polar surface area (TPSA) is 0 Å². The summed E-state index contributed by atoms with van der Waals surface area (Å²) in [5.74, 6) is 0. The summed E-state index contributed by atoms with van der Waals surface area (Å²) in [5.41, 5.74) is 7.33. The van der Waals surface area contributed by atoms with Crippen molar-refractivity contribution in [1.82, 2.24) is 0 Å². The van der Waals surface area contributed by atoms with Crippen LogP contribution in [-0.2, 0) is 0 Å². The molecular formula is C18H29Br. The number of aryl methyl sites for hydroxylation is 2. The van der Waals surface area contributed by atoms with E-state index in [4.69, 9.17) is 0 Å². The number of halogens is 1. The number of rotatable bonds is 7. The van der Waals surface area contributed by atoms with Crippen molar-refractivity contribution in [2.45, 2.75) is 78.0 Å². The van der Waals surface area contributed by atoms with E-state index in [0.29, 0.717) is 4.83 Å². The number of benzene rings is 1. The first-order valence-electron chi connectivity index (χ1n) is 7.70. The minimum Gasteiger partial charge on any atom is -0.0839 e. The molecule has 0 saturated heterocycles. The van der Waals surface area contributed by atoms with E-state index in [1.165, 1.54) is 66.3 Å². The molecule has 0 aliphatic carbocycles. The molecule has 0 bridgehead atoms. The van der Waals surface area contributed by atoms with Crippen LogP contribution in [0.3, 0.4) is 0 Å². The second-order valence-electron chi connectivity index (χ2n) is 5.84. The molecule has 0 aromatic heterocycles. The number of hydrogen-bond acceptors (Lipinski definition) is 0. The van der Waals surface area contributed by atoms with E-state index in [0.717, 1.165) is 0 Å². The monoisotopic (exact) mass is 324 g/mol. The lowest BCUT2D eigenvalue weighted by atomic mass is 9.91. The van der Waals surface area contributed by atoms with Gasteiger partial charge in [0.25, 0.3) is 0 Å². The van der Waals surface area contributed by atoms with Crippen LogP contribution in [0.25, 0.3) is 0 Å². The van der Waals surface area contributed by atoms with Gasteiger partial charge in [-0.2, -0.15) is 0 Å². The van der Waals surface area contributed by atoms with E-state index in [9.17, 15) is 0 Å². The van der Waals surface area contributed by atoms with E-state index in [1.807, 2.05) is 0 Å². The highest BCUT2D eigenvalue weighted by atomic mass is 79.9. The molecule has 0 aliphatic heterocycles. The Bertz CT molecular complexity index is 380. The number of hydrogen-bond donors (Lipinski definition) is 0. The van der Waals surface area contributed by atoms with Crippen molar-refractivity contribution < 1.29 is 0 Å². The summed E-state index contributed by atoms with van der Waals surface area (Å²) in [5, 5.41) is 0. The molecule has 19 heavy (non-hydrogen) atoms. The maximum absolute atomic E-state index is 3.93. The van der Waals surface area contributed by atoms with Crippen molar-refractivity contribution in [3.63, 3.8) is 0 Å². The zero-order chi connectivity index (χ0) is 14.4. The molecule has 0 nitrogen and oxygen atoms in total. The summed E-state index contributed by atoms with van der Waals surface area (Å²) >= 11 is 3.93. The SMILES string of the molecule is CCCCCCCC(Br)c1c(C)c(C)cc(C)c1C. The van der Waals surface area contributed by atoms with Crippen LogP contribution in [0.4, 0.5) is 0 Å². The van der Waals surface area contributed by atoms with Crippen molar-refractivity contribution in [3.8, 4) is 0 Å². The van der Waals surface area contributed by atoms with E-state index >= 15 is 0 Å². The molecule has 1 aromatic carbocycles. The molecule has 0 aliphatic rings. The molecule has 0 N–H and O–H groups in total. The van der Waals surface area contributed by atoms with Crippen molar-refractivity contribution >= 4 is 15.9 Å². The lowest BCUT2D eigenvalue weighted by Gasteiger charge is -2.20. The summed E-state index contributed by atoms with van der Waals surface area (Å²) in [6.45, 7) is 11.3. The second kappa shape index (κ2) is 8.09. The van der Waals surface area contributed by atoms with Crippen molar-refractivity contribution in [3.05, 3.63) is 33.9 Å². The van der Waals surface area contributed by atoms with Crippen LogP contribution in [0.1, 0.15) is 78.1 Å².